The Kier molecular flexibility index (Phi) is 6.52. The van der Waals surface area contributed by atoms with Gasteiger partial charge in [-0.25, -0.2) is 0 Å². The van der Waals surface area contributed by atoms with Crippen LogP contribution in [0.1, 0.15) is 33.1 Å². The first kappa shape index (κ1) is 14.5. The second-order valence-corrected chi connectivity index (χ2v) is 5.28. The first-order valence-electron chi connectivity index (χ1n) is 6.85. The number of hydrogen-bond donors (Lipinski definition) is 2. The van der Waals surface area contributed by atoms with Crippen molar-refractivity contribution in [3.63, 3.8) is 0 Å². The van der Waals surface area contributed by atoms with Crippen molar-refractivity contribution in [1.29, 1.82) is 0 Å². The van der Waals surface area contributed by atoms with E-state index in [1.165, 1.54) is 32.4 Å². The summed E-state index contributed by atoms with van der Waals surface area (Å²) in [6.45, 7) is 8.61. The van der Waals surface area contributed by atoms with Gasteiger partial charge >= 0.3 is 0 Å². The highest BCUT2D eigenvalue weighted by Gasteiger charge is 2.20. The molecule has 4 nitrogen and oxygen atoms in total. The number of likely N-dealkylation sites (tertiary alicyclic amines) is 1. The molecule has 0 aliphatic carbocycles. The maximum atomic E-state index is 11.8. The van der Waals surface area contributed by atoms with Crippen molar-refractivity contribution in [2.24, 2.45) is 17.6 Å². The number of amides is 1. The summed E-state index contributed by atoms with van der Waals surface area (Å²) < 4.78 is 0. The molecule has 1 unspecified atom stereocenters. The monoisotopic (exact) mass is 241 g/mol. The summed E-state index contributed by atoms with van der Waals surface area (Å²) in [6, 6.07) is 0. The molecule has 1 rings (SSSR count). The van der Waals surface area contributed by atoms with Crippen molar-refractivity contribution in [3.05, 3.63) is 0 Å². The first-order valence-corrected chi connectivity index (χ1v) is 6.85. The standard InChI is InChI=1S/C13H27N3O/c1-11(2)12(10-14)13(17)15-6-9-16-7-4-3-5-8-16/h11-12H,3-10,14H2,1-2H3,(H,15,17). The Morgan fingerprint density at radius 3 is 2.47 bits per heavy atom. The van der Waals surface area contributed by atoms with Crippen LogP contribution in [0.4, 0.5) is 0 Å². The number of nitrogens with zero attached hydrogens (tertiary/aromatic N) is 1. The SMILES string of the molecule is CC(C)C(CN)C(=O)NCCN1CCCCC1. The first-order chi connectivity index (χ1) is 8.15. The van der Waals surface area contributed by atoms with E-state index in [0.29, 0.717) is 12.5 Å². The molecule has 0 radical (unpaired) electrons. The molecule has 1 saturated heterocycles. The Labute approximate surface area is 105 Å². The lowest BCUT2D eigenvalue weighted by molar-refractivity contribution is -0.126. The lowest BCUT2D eigenvalue weighted by Gasteiger charge is -2.27. The van der Waals surface area contributed by atoms with Gasteiger partial charge in [0.15, 0.2) is 0 Å². The van der Waals surface area contributed by atoms with Gasteiger partial charge in [-0.3, -0.25) is 4.79 Å². The number of carbonyl (C=O) groups is 1. The third-order valence-corrected chi connectivity index (χ3v) is 3.57. The van der Waals surface area contributed by atoms with Crippen LogP contribution < -0.4 is 11.1 Å². The third-order valence-electron chi connectivity index (χ3n) is 3.57. The predicted octanol–water partition coefficient (Wildman–Crippen LogP) is 0.819. The quantitative estimate of drug-likeness (QED) is 0.724. The van der Waals surface area contributed by atoms with Gasteiger partial charge in [0.05, 0.1) is 5.92 Å². The molecule has 0 spiro atoms. The van der Waals surface area contributed by atoms with Crippen LogP contribution >= 0.6 is 0 Å². The molecule has 3 N–H and O–H groups in total. The van der Waals surface area contributed by atoms with E-state index >= 15 is 0 Å². The van der Waals surface area contributed by atoms with Gasteiger partial charge in [0.25, 0.3) is 0 Å². The highest BCUT2D eigenvalue weighted by Crippen LogP contribution is 2.09. The van der Waals surface area contributed by atoms with E-state index < -0.39 is 0 Å². The van der Waals surface area contributed by atoms with Crippen LogP contribution in [0.25, 0.3) is 0 Å². The van der Waals surface area contributed by atoms with Crippen LogP contribution in [0.3, 0.4) is 0 Å². The molecular formula is C13H27N3O. The van der Waals surface area contributed by atoms with Gasteiger partial charge in [0.2, 0.25) is 5.91 Å². The van der Waals surface area contributed by atoms with E-state index in [9.17, 15) is 4.79 Å². The molecule has 1 heterocycles. The lowest BCUT2D eigenvalue weighted by Crippen LogP contribution is -2.42. The zero-order chi connectivity index (χ0) is 12.7. The fourth-order valence-corrected chi connectivity index (χ4v) is 2.33. The summed E-state index contributed by atoms with van der Waals surface area (Å²) in [5.74, 6) is 0.380. The Morgan fingerprint density at radius 1 is 1.29 bits per heavy atom. The summed E-state index contributed by atoms with van der Waals surface area (Å²) in [5.41, 5.74) is 5.62. The minimum atomic E-state index is -0.0450. The molecular weight excluding hydrogens is 214 g/mol. The van der Waals surface area contributed by atoms with Crippen molar-refractivity contribution in [1.82, 2.24) is 10.2 Å². The van der Waals surface area contributed by atoms with E-state index in [1.54, 1.807) is 0 Å². The maximum absolute atomic E-state index is 11.8. The molecule has 1 atom stereocenters. The number of rotatable bonds is 6. The summed E-state index contributed by atoms with van der Waals surface area (Å²) in [7, 11) is 0. The van der Waals surface area contributed by atoms with Gasteiger partial charge in [-0.05, 0) is 31.8 Å². The van der Waals surface area contributed by atoms with E-state index in [0.717, 1.165) is 13.1 Å². The largest absolute Gasteiger partial charge is 0.355 e. The van der Waals surface area contributed by atoms with Gasteiger partial charge < -0.3 is 16.0 Å². The smallest absolute Gasteiger partial charge is 0.224 e. The molecule has 1 fully saturated rings. The fraction of sp³-hybridized carbons (Fsp3) is 0.923. The lowest BCUT2D eigenvalue weighted by atomic mass is 9.95. The van der Waals surface area contributed by atoms with Gasteiger partial charge in [-0.15, -0.1) is 0 Å². The second-order valence-electron chi connectivity index (χ2n) is 5.28. The van der Waals surface area contributed by atoms with Gasteiger partial charge in [0, 0.05) is 19.6 Å². The minimum absolute atomic E-state index is 0.0450. The Morgan fingerprint density at radius 2 is 1.94 bits per heavy atom. The molecule has 100 valence electrons. The van der Waals surface area contributed by atoms with E-state index in [4.69, 9.17) is 5.73 Å². The van der Waals surface area contributed by atoms with Crippen LogP contribution in [-0.2, 0) is 4.79 Å². The van der Waals surface area contributed by atoms with Crippen molar-refractivity contribution < 1.29 is 4.79 Å². The number of nitrogens with one attached hydrogen (secondary N) is 1. The maximum Gasteiger partial charge on any atom is 0.224 e. The number of nitrogens with two attached hydrogens (primary N) is 1. The molecule has 0 aromatic carbocycles. The van der Waals surface area contributed by atoms with Crippen molar-refractivity contribution in [2.45, 2.75) is 33.1 Å². The van der Waals surface area contributed by atoms with Crippen LogP contribution in [-0.4, -0.2) is 43.5 Å². The van der Waals surface area contributed by atoms with Crippen LogP contribution in [0.2, 0.25) is 0 Å². The van der Waals surface area contributed by atoms with Gasteiger partial charge in [0.1, 0.15) is 0 Å². The Hall–Kier alpha value is -0.610. The molecule has 0 aromatic heterocycles. The Bertz CT molecular complexity index is 225. The fourth-order valence-electron chi connectivity index (χ4n) is 2.33. The number of piperidine rings is 1. The van der Waals surface area contributed by atoms with Gasteiger partial charge in [-0.1, -0.05) is 20.3 Å². The van der Waals surface area contributed by atoms with Crippen molar-refractivity contribution in [3.8, 4) is 0 Å². The molecule has 1 aliphatic rings. The molecule has 0 bridgehead atoms. The van der Waals surface area contributed by atoms with Crippen molar-refractivity contribution >= 4 is 5.91 Å². The molecule has 17 heavy (non-hydrogen) atoms. The summed E-state index contributed by atoms with van der Waals surface area (Å²) in [6.07, 6.45) is 3.95. The Balaban J connectivity index is 2.18. The van der Waals surface area contributed by atoms with Crippen LogP contribution in [0.5, 0.6) is 0 Å². The zero-order valence-electron chi connectivity index (χ0n) is 11.2. The third kappa shape index (κ3) is 5.04. The molecule has 1 amide bonds. The molecule has 0 saturated carbocycles. The number of carbonyl (C=O) groups excluding carboxylic acids is 1. The average molecular weight is 241 g/mol. The highest BCUT2D eigenvalue weighted by atomic mass is 16.1. The second kappa shape index (κ2) is 7.67. The van der Waals surface area contributed by atoms with E-state index in [2.05, 4.69) is 10.2 Å². The normalized spacial score (nSPS) is 19.3. The zero-order valence-corrected chi connectivity index (χ0v) is 11.2. The predicted molar refractivity (Wildman–Crippen MR) is 70.7 cm³/mol. The molecule has 1 aliphatic heterocycles. The highest BCUT2D eigenvalue weighted by molar-refractivity contribution is 5.79. The average Bonchev–Trinajstić information content (AvgIpc) is 2.30. The summed E-state index contributed by atoms with van der Waals surface area (Å²) >= 11 is 0. The minimum Gasteiger partial charge on any atom is -0.355 e. The van der Waals surface area contributed by atoms with Crippen molar-refractivity contribution in [2.75, 3.05) is 32.7 Å². The van der Waals surface area contributed by atoms with E-state index in [1.807, 2.05) is 13.8 Å². The topological polar surface area (TPSA) is 58.4 Å². The molecule has 0 aromatic rings. The van der Waals surface area contributed by atoms with Crippen LogP contribution in [0.15, 0.2) is 0 Å². The molecule has 4 heteroatoms. The van der Waals surface area contributed by atoms with Crippen LogP contribution in [0, 0.1) is 11.8 Å². The van der Waals surface area contributed by atoms with E-state index in [-0.39, 0.29) is 11.8 Å². The summed E-state index contributed by atoms with van der Waals surface area (Å²) in [4.78, 5) is 14.3. The van der Waals surface area contributed by atoms with Gasteiger partial charge in [-0.2, -0.15) is 0 Å². The summed E-state index contributed by atoms with van der Waals surface area (Å²) in [5, 5.41) is 3.00. The number of hydrogen-bond acceptors (Lipinski definition) is 3.